The third-order valence-corrected chi connectivity index (χ3v) is 6.68. The summed E-state index contributed by atoms with van der Waals surface area (Å²) < 4.78 is 0. The molecule has 0 aliphatic heterocycles. The Labute approximate surface area is 174 Å². The number of aromatic nitrogens is 4. The topological polar surface area (TPSA) is 88.9 Å². The van der Waals surface area contributed by atoms with Crippen molar-refractivity contribution >= 4 is 5.78 Å². The second-order valence-corrected chi connectivity index (χ2v) is 8.12. The second kappa shape index (κ2) is 7.13. The molecule has 150 valence electrons. The SMILES string of the molecule is C[C@@H]1C(=O)/C(=C\O)C[C@]2(c3ccccc3)c3nc(-c4cnccn4)ncc3CC[C@@H]12. The third kappa shape index (κ3) is 2.67. The minimum absolute atomic E-state index is 0.0284. The average molecular weight is 398 g/mol. The van der Waals surface area contributed by atoms with Crippen LogP contribution < -0.4 is 0 Å². The van der Waals surface area contributed by atoms with Gasteiger partial charge in [0.25, 0.3) is 0 Å². The monoisotopic (exact) mass is 398 g/mol. The van der Waals surface area contributed by atoms with E-state index in [2.05, 4.69) is 27.1 Å². The average Bonchev–Trinajstić information content (AvgIpc) is 2.82. The van der Waals surface area contributed by atoms with E-state index < -0.39 is 5.41 Å². The van der Waals surface area contributed by atoms with Gasteiger partial charge in [0.15, 0.2) is 11.6 Å². The number of hydrogen-bond acceptors (Lipinski definition) is 6. The number of nitrogens with zero attached hydrogens (tertiary/aromatic N) is 4. The van der Waals surface area contributed by atoms with Crippen LogP contribution in [0, 0.1) is 11.8 Å². The molecule has 3 atom stereocenters. The molecule has 5 rings (SSSR count). The van der Waals surface area contributed by atoms with Gasteiger partial charge in [-0.15, -0.1) is 0 Å². The zero-order chi connectivity index (χ0) is 20.7. The summed E-state index contributed by atoms with van der Waals surface area (Å²) in [4.78, 5) is 31.0. The van der Waals surface area contributed by atoms with Crippen molar-refractivity contribution < 1.29 is 9.90 Å². The van der Waals surface area contributed by atoms with Gasteiger partial charge in [0.05, 0.1) is 18.2 Å². The van der Waals surface area contributed by atoms with E-state index in [1.54, 1.807) is 18.6 Å². The predicted molar refractivity (Wildman–Crippen MR) is 112 cm³/mol. The quantitative estimate of drug-likeness (QED) is 0.521. The molecule has 0 saturated heterocycles. The lowest BCUT2D eigenvalue weighted by Gasteiger charge is -2.50. The lowest BCUT2D eigenvalue weighted by atomic mass is 9.52. The van der Waals surface area contributed by atoms with Crippen LogP contribution in [0.1, 0.15) is 36.6 Å². The van der Waals surface area contributed by atoms with E-state index in [0.29, 0.717) is 23.5 Å². The highest BCUT2D eigenvalue weighted by atomic mass is 16.2. The Morgan fingerprint density at radius 2 is 1.97 bits per heavy atom. The highest BCUT2D eigenvalue weighted by molar-refractivity contribution is 5.98. The minimum atomic E-state index is -0.503. The fourth-order valence-corrected chi connectivity index (χ4v) is 5.30. The van der Waals surface area contributed by atoms with E-state index in [9.17, 15) is 9.90 Å². The lowest BCUT2D eigenvalue weighted by molar-refractivity contribution is -0.123. The normalized spacial score (nSPS) is 26.8. The molecule has 6 nitrogen and oxygen atoms in total. The van der Waals surface area contributed by atoms with Gasteiger partial charge < -0.3 is 5.11 Å². The van der Waals surface area contributed by atoms with Crippen LogP contribution in [0.5, 0.6) is 0 Å². The largest absolute Gasteiger partial charge is 0.515 e. The first-order valence-corrected chi connectivity index (χ1v) is 10.2. The fourth-order valence-electron chi connectivity index (χ4n) is 5.30. The molecule has 0 unspecified atom stereocenters. The van der Waals surface area contributed by atoms with E-state index >= 15 is 0 Å². The molecular formula is C24H22N4O2. The molecule has 1 fully saturated rings. The summed E-state index contributed by atoms with van der Waals surface area (Å²) in [7, 11) is 0. The maximum absolute atomic E-state index is 12.9. The van der Waals surface area contributed by atoms with Crippen molar-refractivity contribution in [2.75, 3.05) is 0 Å². The summed E-state index contributed by atoms with van der Waals surface area (Å²) in [5.41, 5.74) is 3.69. The number of carbonyl (C=O) groups is 1. The molecule has 6 heteroatoms. The van der Waals surface area contributed by atoms with Gasteiger partial charge >= 0.3 is 0 Å². The molecule has 0 radical (unpaired) electrons. The van der Waals surface area contributed by atoms with Crippen LogP contribution in [0.25, 0.3) is 11.5 Å². The van der Waals surface area contributed by atoms with Crippen LogP contribution in [-0.4, -0.2) is 30.8 Å². The van der Waals surface area contributed by atoms with E-state index in [1.165, 1.54) is 0 Å². The fraction of sp³-hybridized carbons (Fsp3) is 0.292. The summed E-state index contributed by atoms with van der Waals surface area (Å²) in [5, 5.41) is 9.88. The maximum atomic E-state index is 12.9. The Bertz CT molecular complexity index is 1130. The van der Waals surface area contributed by atoms with Gasteiger partial charge in [-0.3, -0.25) is 9.78 Å². The van der Waals surface area contributed by atoms with Crippen molar-refractivity contribution in [3.05, 3.63) is 83.8 Å². The zero-order valence-electron chi connectivity index (χ0n) is 16.7. The Balaban J connectivity index is 1.78. The molecule has 0 amide bonds. The number of Topliss-reactive ketones (excluding diaryl/α,β-unsaturated/α-hetero) is 1. The number of ketones is 1. The smallest absolute Gasteiger partial charge is 0.180 e. The first kappa shape index (κ1) is 18.6. The Kier molecular flexibility index (Phi) is 4.42. The standard InChI is InChI=1S/C24H22N4O2/c1-15-19-8-7-16-12-27-23(20-13-25-9-10-26-20)28-22(16)24(19,11-17(14-29)21(15)30)18-5-3-2-4-6-18/h2-6,9-10,12-15,19,29H,7-8,11H2,1H3/b17-14-/t15-,19-,24+/m0/s1. The van der Waals surface area contributed by atoms with Gasteiger partial charge in [-0.1, -0.05) is 37.3 Å². The number of benzene rings is 1. The van der Waals surface area contributed by atoms with Crippen LogP contribution >= 0.6 is 0 Å². The van der Waals surface area contributed by atoms with Gasteiger partial charge in [-0.2, -0.15) is 0 Å². The van der Waals surface area contributed by atoms with Crippen molar-refractivity contribution in [3.63, 3.8) is 0 Å². The number of aryl methyl sites for hydroxylation is 1. The van der Waals surface area contributed by atoms with Crippen molar-refractivity contribution in [2.24, 2.45) is 11.8 Å². The number of aliphatic hydroxyl groups is 1. The highest BCUT2D eigenvalue weighted by Gasteiger charge is 2.54. The van der Waals surface area contributed by atoms with Gasteiger partial charge in [0.2, 0.25) is 0 Å². The molecule has 30 heavy (non-hydrogen) atoms. The molecule has 0 spiro atoms. The van der Waals surface area contributed by atoms with Crippen molar-refractivity contribution in [2.45, 2.75) is 31.6 Å². The van der Waals surface area contributed by atoms with Gasteiger partial charge in [-0.05, 0) is 36.3 Å². The third-order valence-electron chi connectivity index (χ3n) is 6.68. The summed E-state index contributed by atoms with van der Waals surface area (Å²) in [5.74, 6) is 0.436. The molecular weight excluding hydrogens is 376 g/mol. The number of hydrogen-bond donors (Lipinski definition) is 1. The first-order valence-electron chi connectivity index (χ1n) is 10.2. The Hall–Kier alpha value is -3.41. The molecule has 1 N–H and O–H groups in total. The predicted octanol–water partition coefficient (Wildman–Crippen LogP) is 3.83. The van der Waals surface area contributed by atoms with E-state index in [4.69, 9.17) is 4.98 Å². The van der Waals surface area contributed by atoms with Crippen molar-refractivity contribution in [1.82, 2.24) is 19.9 Å². The van der Waals surface area contributed by atoms with Gasteiger partial charge in [0, 0.05) is 35.5 Å². The van der Waals surface area contributed by atoms with Crippen LogP contribution in [0.3, 0.4) is 0 Å². The molecule has 2 heterocycles. The summed E-state index contributed by atoms with van der Waals surface area (Å²) in [6.07, 6.45) is 9.90. The molecule has 0 bridgehead atoms. The number of carbonyl (C=O) groups excluding carboxylic acids is 1. The summed E-state index contributed by atoms with van der Waals surface area (Å²) in [6.45, 7) is 1.98. The molecule has 2 aliphatic carbocycles. The molecule has 1 aromatic carbocycles. The van der Waals surface area contributed by atoms with E-state index in [0.717, 1.165) is 35.9 Å². The summed E-state index contributed by atoms with van der Waals surface area (Å²) >= 11 is 0. The van der Waals surface area contributed by atoms with Crippen LogP contribution in [0.4, 0.5) is 0 Å². The zero-order valence-corrected chi connectivity index (χ0v) is 16.7. The molecule has 1 saturated carbocycles. The first-order chi connectivity index (χ1) is 14.6. The number of rotatable bonds is 2. The van der Waals surface area contributed by atoms with Gasteiger partial charge in [0.1, 0.15) is 5.69 Å². The van der Waals surface area contributed by atoms with Crippen LogP contribution in [-0.2, 0) is 16.6 Å². The van der Waals surface area contributed by atoms with E-state index in [1.807, 2.05) is 31.3 Å². The lowest BCUT2D eigenvalue weighted by Crippen LogP contribution is -2.51. The molecule has 2 aliphatic rings. The van der Waals surface area contributed by atoms with Gasteiger partial charge in [-0.25, -0.2) is 15.0 Å². The van der Waals surface area contributed by atoms with Crippen molar-refractivity contribution in [3.8, 4) is 11.5 Å². The van der Waals surface area contributed by atoms with Crippen LogP contribution in [0.15, 0.2) is 67.0 Å². The maximum Gasteiger partial charge on any atom is 0.180 e. The second-order valence-electron chi connectivity index (χ2n) is 8.12. The highest BCUT2D eigenvalue weighted by Crippen LogP contribution is 2.55. The Morgan fingerprint density at radius 1 is 1.13 bits per heavy atom. The van der Waals surface area contributed by atoms with E-state index in [-0.39, 0.29) is 17.6 Å². The Morgan fingerprint density at radius 3 is 2.70 bits per heavy atom. The minimum Gasteiger partial charge on any atom is -0.515 e. The number of allylic oxidation sites excluding steroid dienone is 1. The number of aliphatic hydroxyl groups excluding tert-OH is 1. The molecule has 3 aromatic rings. The molecule has 2 aromatic heterocycles. The van der Waals surface area contributed by atoms with Crippen LogP contribution in [0.2, 0.25) is 0 Å². The number of fused-ring (bicyclic) bond motifs is 3. The summed E-state index contributed by atoms with van der Waals surface area (Å²) in [6, 6.07) is 10.2. The van der Waals surface area contributed by atoms with Crippen molar-refractivity contribution in [1.29, 1.82) is 0 Å².